The Morgan fingerprint density at radius 2 is 1.84 bits per heavy atom. The number of benzene rings is 2. The molecule has 0 unspecified atom stereocenters. The summed E-state index contributed by atoms with van der Waals surface area (Å²) in [5.41, 5.74) is 1.96. The number of fused-ring (bicyclic) bond motifs is 1. The molecule has 2 heterocycles. The van der Waals surface area contributed by atoms with Crippen LogP contribution in [0.2, 0.25) is 0 Å². The quantitative estimate of drug-likeness (QED) is 0.477. The number of aliphatic hydroxyl groups is 1. The van der Waals surface area contributed by atoms with Crippen molar-refractivity contribution in [2.24, 2.45) is 0 Å². The smallest absolute Gasteiger partial charge is 0.395 e. The van der Waals surface area contributed by atoms with Gasteiger partial charge in [-0.3, -0.25) is 9.48 Å². The highest BCUT2D eigenvalue weighted by molar-refractivity contribution is 5.96. The van der Waals surface area contributed by atoms with Crippen molar-refractivity contribution >= 4 is 16.8 Å². The van der Waals surface area contributed by atoms with Crippen molar-refractivity contribution in [1.82, 2.24) is 20.1 Å². The zero-order valence-electron chi connectivity index (χ0n) is 16.8. The third-order valence-corrected chi connectivity index (χ3v) is 4.85. The molecule has 1 amide bonds. The molecule has 0 fully saturated rings. The standard InChI is InChI=1S/C23H19F3N4O2/c24-23(25,26)16-5-1-4-15(12-16)13-30-14-18-17(6-2-8-20(18)29-30)19-7-3-9-21(28-19)22(32)27-10-11-31/h1-9,12,14,31H,10-11,13H2,(H,27,32). The Balaban J connectivity index is 1.66. The van der Waals surface area contributed by atoms with Crippen LogP contribution in [0.15, 0.2) is 66.9 Å². The Bertz CT molecular complexity index is 1270. The van der Waals surface area contributed by atoms with Crippen LogP contribution in [-0.2, 0) is 12.7 Å². The fourth-order valence-corrected chi connectivity index (χ4v) is 3.40. The summed E-state index contributed by atoms with van der Waals surface area (Å²) in [5, 5.41) is 16.7. The molecule has 4 aromatic rings. The lowest BCUT2D eigenvalue weighted by molar-refractivity contribution is -0.137. The van der Waals surface area contributed by atoms with Crippen molar-refractivity contribution in [2.45, 2.75) is 12.7 Å². The lowest BCUT2D eigenvalue weighted by atomic mass is 10.1. The van der Waals surface area contributed by atoms with Gasteiger partial charge in [-0.2, -0.15) is 18.3 Å². The highest BCUT2D eigenvalue weighted by Gasteiger charge is 2.30. The second-order valence-corrected chi connectivity index (χ2v) is 7.15. The van der Waals surface area contributed by atoms with Crippen LogP contribution in [0.1, 0.15) is 21.6 Å². The molecule has 2 aromatic carbocycles. The largest absolute Gasteiger partial charge is 0.416 e. The normalized spacial score (nSPS) is 11.6. The van der Waals surface area contributed by atoms with Crippen LogP contribution in [0, 0.1) is 0 Å². The van der Waals surface area contributed by atoms with E-state index >= 15 is 0 Å². The number of nitrogens with one attached hydrogen (secondary N) is 1. The predicted molar refractivity (Wildman–Crippen MR) is 113 cm³/mol. The SMILES string of the molecule is O=C(NCCO)c1cccc(-c2cccc3nn(Cc4cccc(C(F)(F)F)c4)cc23)n1. The number of nitrogens with zero attached hydrogens (tertiary/aromatic N) is 3. The van der Waals surface area contributed by atoms with Crippen molar-refractivity contribution in [1.29, 1.82) is 0 Å². The van der Waals surface area contributed by atoms with E-state index in [1.165, 1.54) is 6.07 Å². The lowest BCUT2D eigenvalue weighted by Crippen LogP contribution is -2.27. The zero-order valence-corrected chi connectivity index (χ0v) is 16.8. The van der Waals surface area contributed by atoms with E-state index in [0.717, 1.165) is 23.1 Å². The van der Waals surface area contributed by atoms with E-state index in [9.17, 15) is 18.0 Å². The molecular weight excluding hydrogens is 421 g/mol. The molecule has 2 N–H and O–H groups in total. The fraction of sp³-hybridized carbons (Fsp3) is 0.174. The third kappa shape index (κ3) is 4.62. The van der Waals surface area contributed by atoms with Crippen molar-refractivity contribution in [2.75, 3.05) is 13.2 Å². The van der Waals surface area contributed by atoms with Crippen LogP contribution in [0.4, 0.5) is 13.2 Å². The summed E-state index contributed by atoms with van der Waals surface area (Å²) in [4.78, 5) is 16.6. The second-order valence-electron chi connectivity index (χ2n) is 7.15. The molecule has 0 radical (unpaired) electrons. The van der Waals surface area contributed by atoms with Gasteiger partial charge in [0, 0.05) is 23.7 Å². The first-order valence-electron chi connectivity index (χ1n) is 9.84. The van der Waals surface area contributed by atoms with E-state index in [-0.39, 0.29) is 25.4 Å². The van der Waals surface area contributed by atoms with Gasteiger partial charge < -0.3 is 10.4 Å². The fourth-order valence-electron chi connectivity index (χ4n) is 3.40. The minimum atomic E-state index is -4.40. The average Bonchev–Trinajstić information content (AvgIpc) is 3.19. The van der Waals surface area contributed by atoms with Gasteiger partial charge in [0.1, 0.15) is 5.69 Å². The first-order chi connectivity index (χ1) is 15.3. The van der Waals surface area contributed by atoms with Crippen LogP contribution in [0.5, 0.6) is 0 Å². The number of pyridine rings is 1. The van der Waals surface area contributed by atoms with Crippen molar-refractivity contribution in [3.63, 3.8) is 0 Å². The topological polar surface area (TPSA) is 80.0 Å². The van der Waals surface area contributed by atoms with Crippen LogP contribution >= 0.6 is 0 Å². The van der Waals surface area contributed by atoms with Gasteiger partial charge in [-0.15, -0.1) is 0 Å². The Morgan fingerprint density at radius 3 is 2.62 bits per heavy atom. The first-order valence-corrected chi connectivity index (χ1v) is 9.84. The van der Waals surface area contributed by atoms with Crippen molar-refractivity contribution < 1.29 is 23.1 Å². The molecular formula is C23H19F3N4O2. The maximum absolute atomic E-state index is 13.0. The maximum Gasteiger partial charge on any atom is 0.416 e. The molecule has 9 heteroatoms. The van der Waals surface area contributed by atoms with Gasteiger partial charge in [0.2, 0.25) is 0 Å². The van der Waals surface area contributed by atoms with Crippen LogP contribution in [0.3, 0.4) is 0 Å². The number of aromatic nitrogens is 3. The summed E-state index contributed by atoms with van der Waals surface area (Å²) in [5.74, 6) is -0.395. The summed E-state index contributed by atoms with van der Waals surface area (Å²) in [6.45, 7) is 0.132. The van der Waals surface area contributed by atoms with Crippen molar-refractivity contribution in [3.8, 4) is 11.3 Å². The van der Waals surface area contributed by atoms with Crippen molar-refractivity contribution in [3.05, 3.63) is 83.7 Å². The van der Waals surface area contributed by atoms with Crippen LogP contribution < -0.4 is 5.32 Å². The summed E-state index contributed by atoms with van der Waals surface area (Å²) in [7, 11) is 0. The van der Waals surface area contributed by atoms with E-state index in [0.29, 0.717) is 16.8 Å². The maximum atomic E-state index is 13.0. The number of carbonyl (C=O) groups is 1. The van der Waals surface area contributed by atoms with Gasteiger partial charge >= 0.3 is 6.18 Å². The van der Waals surface area contributed by atoms with E-state index in [1.807, 2.05) is 6.07 Å². The van der Waals surface area contributed by atoms with Gasteiger partial charge in [0.05, 0.1) is 29.9 Å². The van der Waals surface area contributed by atoms with Gasteiger partial charge in [-0.25, -0.2) is 4.98 Å². The Labute approximate surface area is 181 Å². The first kappa shape index (κ1) is 21.5. The molecule has 164 valence electrons. The highest BCUT2D eigenvalue weighted by Crippen LogP contribution is 2.30. The minimum Gasteiger partial charge on any atom is -0.395 e. The molecule has 0 bridgehead atoms. The number of hydrogen-bond donors (Lipinski definition) is 2. The molecule has 4 rings (SSSR count). The summed E-state index contributed by atoms with van der Waals surface area (Å²) in [6.07, 6.45) is -2.65. The summed E-state index contributed by atoms with van der Waals surface area (Å²) in [6, 6.07) is 15.7. The van der Waals surface area contributed by atoms with E-state index < -0.39 is 17.6 Å². The summed E-state index contributed by atoms with van der Waals surface area (Å²) < 4.78 is 40.6. The third-order valence-electron chi connectivity index (χ3n) is 4.85. The number of halogens is 3. The zero-order chi connectivity index (χ0) is 22.7. The van der Waals surface area contributed by atoms with Gasteiger partial charge in [0.15, 0.2) is 0 Å². The minimum absolute atomic E-state index is 0.128. The van der Waals surface area contributed by atoms with Crippen LogP contribution in [-0.4, -0.2) is 38.9 Å². The summed E-state index contributed by atoms with van der Waals surface area (Å²) >= 11 is 0. The number of aliphatic hydroxyl groups excluding tert-OH is 1. The van der Waals surface area contributed by atoms with Gasteiger partial charge in [-0.05, 0) is 35.9 Å². The molecule has 0 aliphatic rings. The molecule has 6 nitrogen and oxygen atoms in total. The van der Waals surface area contributed by atoms with E-state index in [1.54, 1.807) is 47.3 Å². The van der Waals surface area contributed by atoms with E-state index in [4.69, 9.17) is 5.11 Å². The Morgan fingerprint density at radius 1 is 1.06 bits per heavy atom. The molecule has 0 spiro atoms. The average molecular weight is 440 g/mol. The number of alkyl halides is 3. The Hall–Kier alpha value is -3.72. The number of carbonyl (C=O) groups excluding carboxylic acids is 1. The van der Waals surface area contributed by atoms with Gasteiger partial charge in [0.25, 0.3) is 5.91 Å². The number of hydrogen-bond acceptors (Lipinski definition) is 4. The predicted octanol–water partition coefficient (Wildman–Crippen LogP) is 3.89. The molecule has 2 aromatic heterocycles. The van der Waals surface area contributed by atoms with Gasteiger partial charge in [-0.1, -0.05) is 30.3 Å². The molecule has 0 aliphatic carbocycles. The molecule has 0 atom stereocenters. The number of rotatable bonds is 6. The molecule has 0 saturated heterocycles. The molecule has 32 heavy (non-hydrogen) atoms. The Kier molecular flexibility index (Phi) is 5.91. The van der Waals surface area contributed by atoms with Crippen LogP contribution in [0.25, 0.3) is 22.2 Å². The second kappa shape index (κ2) is 8.80. The number of amides is 1. The lowest BCUT2D eigenvalue weighted by Gasteiger charge is -2.08. The van der Waals surface area contributed by atoms with E-state index in [2.05, 4.69) is 15.4 Å². The molecule has 0 saturated carbocycles. The monoisotopic (exact) mass is 440 g/mol. The highest BCUT2D eigenvalue weighted by atomic mass is 19.4. The molecule has 0 aliphatic heterocycles.